The summed E-state index contributed by atoms with van der Waals surface area (Å²) in [6.45, 7) is 3.28. The first-order chi connectivity index (χ1) is 11.8. The van der Waals surface area contributed by atoms with Crippen LogP contribution < -0.4 is 4.74 Å². The minimum atomic E-state index is -3.43. The Morgan fingerprint density at radius 1 is 1.00 bits per heavy atom. The van der Waals surface area contributed by atoms with Crippen molar-refractivity contribution in [3.63, 3.8) is 0 Å². The molecule has 0 N–H and O–H groups in total. The third-order valence-electron chi connectivity index (χ3n) is 4.87. The van der Waals surface area contributed by atoms with E-state index in [4.69, 9.17) is 9.47 Å². The van der Waals surface area contributed by atoms with E-state index >= 15 is 0 Å². The summed E-state index contributed by atoms with van der Waals surface area (Å²) >= 11 is 0. The third kappa shape index (κ3) is 4.44. The van der Waals surface area contributed by atoms with E-state index in [1.807, 2.05) is 6.92 Å². The van der Waals surface area contributed by atoms with Crippen molar-refractivity contribution in [3.05, 3.63) is 29.8 Å². The molecule has 1 saturated carbocycles. The maximum atomic E-state index is 14.3. The van der Waals surface area contributed by atoms with Gasteiger partial charge in [0, 0.05) is 17.9 Å². The third-order valence-corrected chi connectivity index (χ3v) is 4.87. The molecule has 140 valence electrons. The lowest BCUT2D eigenvalue weighted by atomic mass is 9.81. The van der Waals surface area contributed by atoms with Crippen LogP contribution in [-0.4, -0.2) is 25.6 Å². The van der Waals surface area contributed by atoms with E-state index in [2.05, 4.69) is 4.74 Å². The second kappa shape index (κ2) is 7.50. The Morgan fingerprint density at radius 2 is 1.64 bits per heavy atom. The topological polar surface area (TPSA) is 27.7 Å². The van der Waals surface area contributed by atoms with Gasteiger partial charge in [0.15, 0.2) is 17.9 Å². The Labute approximate surface area is 144 Å². The second-order valence-electron chi connectivity index (χ2n) is 6.99. The van der Waals surface area contributed by atoms with Crippen LogP contribution in [0.15, 0.2) is 18.2 Å². The summed E-state index contributed by atoms with van der Waals surface area (Å²) in [5.41, 5.74) is 0. The molecule has 0 atom stereocenters. The van der Waals surface area contributed by atoms with Gasteiger partial charge in [0.1, 0.15) is 5.75 Å². The van der Waals surface area contributed by atoms with Gasteiger partial charge in [-0.2, -0.15) is 8.78 Å². The number of halogens is 4. The summed E-state index contributed by atoms with van der Waals surface area (Å²) in [5, 5.41) is 0. The highest BCUT2D eigenvalue weighted by Crippen LogP contribution is 2.42. The van der Waals surface area contributed by atoms with Crippen molar-refractivity contribution in [2.24, 2.45) is 17.8 Å². The van der Waals surface area contributed by atoms with E-state index in [0.717, 1.165) is 12.1 Å². The molecule has 3 nitrogen and oxygen atoms in total. The largest absolute Gasteiger partial charge is 0.432 e. The predicted molar refractivity (Wildman–Crippen MR) is 82.2 cm³/mol. The van der Waals surface area contributed by atoms with Gasteiger partial charge in [0.05, 0.1) is 19.1 Å². The maximum Gasteiger partial charge on any atom is 0.400 e. The molecule has 1 aromatic rings. The highest BCUT2D eigenvalue weighted by atomic mass is 19.3. The number of hydrogen-bond acceptors (Lipinski definition) is 3. The summed E-state index contributed by atoms with van der Waals surface area (Å²) < 4.78 is 70.7. The first-order valence-electron chi connectivity index (χ1n) is 8.60. The van der Waals surface area contributed by atoms with Crippen LogP contribution in [0, 0.1) is 29.4 Å². The molecule has 1 aliphatic heterocycles. The Hall–Kier alpha value is -1.34. The van der Waals surface area contributed by atoms with Crippen molar-refractivity contribution in [1.82, 2.24) is 0 Å². The van der Waals surface area contributed by atoms with Crippen LogP contribution in [0.1, 0.15) is 32.6 Å². The van der Waals surface area contributed by atoms with Crippen molar-refractivity contribution < 1.29 is 31.8 Å². The molecule has 0 aromatic heterocycles. The molecule has 3 rings (SSSR count). The van der Waals surface area contributed by atoms with Gasteiger partial charge in [-0.05, 0) is 37.8 Å². The first-order valence-corrected chi connectivity index (χ1v) is 8.60. The van der Waals surface area contributed by atoms with Gasteiger partial charge in [-0.3, -0.25) is 0 Å². The molecule has 1 aliphatic carbocycles. The number of rotatable bonds is 4. The number of alkyl halides is 2. The van der Waals surface area contributed by atoms with Gasteiger partial charge in [-0.25, -0.2) is 8.78 Å². The van der Waals surface area contributed by atoms with Crippen LogP contribution in [0.3, 0.4) is 0 Å². The van der Waals surface area contributed by atoms with Crippen molar-refractivity contribution in [1.29, 1.82) is 0 Å². The van der Waals surface area contributed by atoms with Crippen molar-refractivity contribution in [2.45, 2.75) is 45.0 Å². The fourth-order valence-electron chi connectivity index (χ4n) is 3.39. The van der Waals surface area contributed by atoms with E-state index in [1.54, 1.807) is 0 Å². The van der Waals surface area contributed by atoms with Crippen LogP contribution in [-0.2, 0) is 9.47 Å². The molecule has 0 spiro atoms. The molecule has 1 heterocycles. The van der Waals surface area contributed by atoms with E-state index in [0.29, 0.717) is 38.0 Å². The van der Waals surface area contributed by atoms with Crippen LogP contribution in [0.2, 0.25) is 0 Å². The Morgan fingerprint density at radius 3 is 2.24 bits per heavy atom. The molecule has 25 heavy (non-hydrogen) atoms. The highest BCUT2D eigenvalue weighted by molar-refractivity contribution is 5.24. The monoisotopic (exact) mass is 362 g/mol. The average molecular weight is 362 g/mol. The Bertz CT molecular complexity index is 580. The van der Waals surface area contributed by atoms with Crippen LogP contribution >= 0.6 is 0 Å². The first kappa shape index (κ1) is 18.5. The van der Waals surface area contributed by atoms with Gasteiger partial charge < -0.3 is 14.2 Å². The number of hydrogen-bond donors (Lipinski definition) is 0. The quantitative estimate of drug-likeness (QED) is 0.724. The molecule has 2 fully saturated rings. The summed E-state index contributed by atoms with van der Waals surface area (Å²) in [6, 6.07) is 2.42. The van der Waals surface area contributed by atoms with Gasteiger partial charge in [0.25, 0.3) is 0 Å². The van der Waals surface area contributed by atoms with Gasteiger partial charge >= 0.3 is 6.11 Å². The normalized spacial score (nSPS) is 30.9. The molecule has 0 bridgehead atoms. The van der Waals surface area contributed by atoms with Crippen molar-refractivity contribution >= 4 is 0 Å². The lowest BCUT2D eigenvalue weighted by molar-refractivity contribution is -0.246. The van der Waals surface area contributed by atoms with Crippen molar-refractivity contribution in [3.8, 4) is 5.75 Å². The fourth-order valence-corrected chi connectivity index (χ4v) is 3.39. The van der Waals surface area contributed by atoms with Gasteiger partial charge in [-0.1, -0.05) is 6.92 Å². The summed E-state index contributed by atoms with van der Waals surface area (Å²) in [5.74, 6) is -3.21. The molecule has 7 heteroatoms. The summed E-state index contributed by atoms with van der Waals surface area (Å²) in [6.07, 6.45) is -2.11. The minimum Gasteiger partial charge on any atom is -0.432 e. The summed E-state index contributed by atoms with van der Waals surface area (Å²) in [4.78, 5) is 0. The van der Waals surface area contributed by atoms with Crippen molar-refractivity contribution in [2.75, 3.05) is 13.2 Å². The summed E-state index contributed by atoms with van der Waals surface area (Å²) in [7, 11) is 0. The van der Waals surface area contributed by atoms with Gasteiger partial charge in [-0.15, -0.1) is 0 Å². The minimum absolute atomic E-state index is 0.0998. The highest BCUT2D eigenvalue weighted by Gasteiger charge is 2.45. The lowest BCUT2D eigenvalue weighted by Crippen LogP contribution is -2.41. The molecule has 1 aromatic carbocycles. The van der Waals surface area contributed by atoms with E-state index in [1.165, 1.54) is 0 Å². The Kier molecular flexibility index (Phi) is 5.53. The van der Waals surface area contributed by atoms with Crippen LogP contribution in [0.5, 0.6) is 5.75 Å². The SMILES string of the molecule is CC1COC(C2CCC(C(F)(F)Oc3ccc(F)c(F)c3)CC2)OC1. The standard InChI is InChI=1S/C18H22F4O3/c1-11-9-23-17(24-10-11)12-2-4-13(5-3-12)18(21,22)25-14-6-7-15(19)16(20)8-14/h6-8,11-13,17H,2-5,9-10H2,1H3. The van der Waals surface area contributed by atoms with Gasteiger partial charge in [0.2, 0.25) is 0 Å². The lowest BCUT2D eigenvalue weighted by Gasteiger charge is -2.38. The van der Waals surface area contributed by atoms with E-state index in [9.17, 15) is 17.6 Å². The molecular formula is C18H22F4O3. The molecule has 0 unspecified atom stereocenters. The van der Waals surface area contributed by atoms with E-state index < -0.39 is 23.7 Å². The zero-order valence-corrected chi connectivity index (χ0v) is 14.0. The fraction of sp³-hybridized carbons (Fsp3) is 0.667. The second-order valence-corrected chi connectivity index (χ2v) is 6.99. The van der Waals surface area contributed by atoms with Crippen LogP contribution in [0.4, 0.5) is 17.6 Å². The van der Waals surface area contributed by atoms with E-state index in [-0.39, 0.29) is 30.8 Å². The molecule has 0 amide bonds. The number of ether oxygens (including phenoxy) is 3. The Balaban J connectivity index is 1.54. The molecule has 0 radical (unpaired) electrons. The maximum absolute atomic E-state index is 14.3. The average Bonchev–Trinajstić information content (AvgIpc) is 2.59. The molecule has 2 aliphatic rings. The molecule has 1 saturated heterocycles. The predicted octanol–water partition coefficient (Wildman–Crippen LogP) is 4.75. The smallest absolute Gasteiger partial charge is 0.400 e. The number of benzene rings is 1. The zero-order valence-electron chi connectivity index (χ0n) is 14.0. The van der Waals surface area contributed by atoms with Crippen LogP contribution in [0.25, 0.3) is 0 Å². The molecular weight excluding hydrogens is 340 g/mol. The zero-order chi connectivity index (χ0) is 18.0.